The van der Waals surface area contributed by atoms with Gasteiger partial charge in [-0.2, -0.15) is 0 Å². The first-order chi connectivity index (χ1) is 9.02. The quantitative estimate of drug-likeness (QED) is 0.791. The van der Waals surface area contributed by atoms with Crippen molar-refractivity contribution in [2.24, 2.45) is 17.8 Å². The summed E-state index contributed by atoms with van der Waals surface area (Å²) in [4.78, 5) is 2.87. The van der Waals surface area contributed by atoms with Crippen LogP contribution in [0.15, 0.2) is 0 Å². The molecular formula is C17H34N2. The first kappa shape index (κ1) is 15.3. The molecule has 4 unspecified atom stereocenters. The fourth-order valence-corrected chi connectivity index (χ4v) is 4.07. The first-order valence-electron chi connectivity index (χ1n) is 8.46. The van der Waals surface area contributed by atoms with Crippen molar-refractivity contribution in [2.75, 3.05) is 13.6 Å². The lowest BCUT2D eigenvalue weighted by Gasteiger charge is -2.46. The van der Waals surface area contributed by atoms with Crippen molar-refractivity contribution in [2.45, 2.75) is 77.9 Å². The van der Waals surface area contributed by atoms with E-state index in [0.717, 1.165) is 29.8 Å². The molecule has 2 saturated carbocycles. The average molecular weight is 266 g/mol. The van der Waals surface area contributed by atoms with Crippen molar-refractivity contribution in [1.82, 2.24) is 10.2 Å². The Morgan fingerprint density at radius 2 is 1.84 bits per heavy atom. The molecule has 0 aliphatic heterocycles. The molecule has 2 aliphatic carbocycles. The summed E-state index contributed by atoms with van der Waals surface area (Å²) >= 11 is 0. The molecule has 1 N–H and O–H groups in total. The third-order valence-corrected chi connectivity index (χ3v) is 5.16. The number of rotatable bonds is 6. The first-order valence-corrected chi connectivity index (χ1v) is 8.46. The van der Waals surface area contributed by atoms with E-state index < -0.39 is 0 Å². The van der Waals surface area contributed by atoms with Crippen LogP contribution in [0, 0.1) is 17.8 Å². The molecule has 4 atom stereocenters. The van der Waals surface area contributed by atoms with Gasteiger partial charge in [-0.25, -0.2) is 0 Å². The lowest BCUT2D eigenvalue weighted by Crippen LogP contribution is -2.56. The minimum absolute atomic E-state index is 0.700. The third kappa shape index (κ3) is 3.95. The molecule has 0 radical (unpaired) electrons. The predicted octanol–water partition coefficient (Wildman–Crippen LogP) is 3.52. The van der Waals surface area contributed by atoms with E-state index in [2.05, 4.69) is 45.0 Å². The molecular weight excluding hydrogens is 232 g/mol. The van der Waals surface area contributed by atoms with Crippen molar-refractivity contribution in [3.05, 3.63) is 0 Å². The van der Waals surface area contributed by atoms with Gasteiger partial charge in [0.25, 0.3) is 0 Å². The maximum Gasteiger partial charge on any atom is 0.0277 e. The number of nitrogens with one attached hydrogen (secondary N) is 1. The number of hydrogen-bond donors (Lipinski definition) is 1. The maximum atomic E-state index is 3.62. The molecule has 0 bridgehead atoms. The van der Waals surface area contributed by atoms with E-state index >= 15 is 0 Å². The van der Waals surface area contributed by atoms with Crippen molar-refractivity contribution in [3.63, 3.8) is 0 Å². The van der Waals surface area contributed by atoms with Gasteiger partial charge in [-0.15, -0.1) is 0 Å². The lowest BCUT2D eigenvalue weighted by molar-refractivity contribution is 0.0544. The van der Waals surface area contributed by atoms with Crippen LogP contribution >= 0.6 is 0 Å². The molecule has 2 aliphatic rings. The highest BCUT2D eigenvalue weighted by Gasteiger charge is 2.42. The monoisotopic (exact) mass is 266 g/mol. The molecule has 112 valence electrons. The molecule has 0 amide bonds. The van der Waals surface area contributed by atoms with Gasteiger partial charge < -0.3 is 5.32 Å². The molecule has 0 heterocycles. The van der Waals surface area contributed by atoms with Gasteiger partial charge in [0.05, 0.1) is 0 Å². The Morgan fingerprint density at radius 1 is 1.16 bits per heavy atom. The Balaban J connectivity index is 2.04. The summed E-state index contributed by atoms with van der Waals surface area (Å²) in [5, 5.41) is 3.62. The second-order valence-corrected chi connectivity index (χ2v) is 7.59. The summed E-state index contributed by atoms with van der Waals surface area (Å²) in [5.41, 5.74) is 0. The lowest BCUT2D eigenvalue weighted by atomic mass is 9.75. The van der Waals surface area contributed by atoms with E-state index in [1.807, 2.05) is 0 Å². The zero-order valence-electron chi connectivity index (χ0n) is 13.7. The maximum absolute atomic E-state index is 3.62. The highest BCUT2D eigenvalue weighted by Crippen LogP contribution is 2.38. The Bertz CT molecular complexity index is 272. The van der Waals surface area contributed by atoms with Gasteiger partial charge in [-0.05, 0) is 63.5 Å². The molecule has 0 aromatic rings. The van der Waals surface area contributed by atoms with Gasteiger partial charge in [0.15, 0.2) is 0 Å². The number of hydrogen-bond acceptors (Lipinski definition) is 2. The van der Waals surface area contributed by atoms with E-state index in [4.69, 9.17) is 0 Å². The summed E-state index contributed by atoms with van der Waals surface area (Å²) < 4.78 is 0. The molecule has 0 aromatic carbocycles. The van der Waals surface area contributed by atoms with Crippen LogP contribution in [0.5, 0.6) is 0 Å². The highest BCUT2D eigenvalue weighted by molar-refractivity contribution is 4.98. The van der Waals surface area contributed by atoms with E-state index in [1.165, 1.54) is 38.6 Å². The standard InChI is InChI=1S/C17H34N2/c1-12(2)8-9-19(15-6-7-15)17-14(4)10-13(3)11-16(17)18-5/h12-18H,6-11H2,1-5H3. The van der Waals surface area contributed by atoms with Crippen molar-refractivity contribution in [3.8, 4) is 0 Å². The van der Waals surface area contributed by atoms with Crippen LogP contribution in [0.1, 0.15) is 59.8 Å². The van der Waals surface area contributed by atoms with E-state index in [9.17, 15) is 0 Å². The van der Waals surface area contributed by atoms with Crippen LogP contribution in [0.3, 0.4) is 0 Å². The van der Waals surface area contributed by atoms with Crippen molar-refractivity contribution >= 4 is 0 Å². The van der Waals surface area contributed by atoms with Gasteiger partial charge in [-0.3, -0.25) is 4.90 Å². The van der Waals surface area contributed by atoms with Gasteiger partial charge in [-0.1, -0.05) is 27.7 Å². The summed E-state index contributed by atoms with van der Waals surface area (Å²) in [6, 6.07) is 2.37. The van der Waals surface area contributed by atoms with Crippen LogP contribution in [0.4, 0.5) is 0 Å². The molecule has 2 fully saturated rings. The van der Waals surface area contributed by atoms with Gasteiger partial charge in [0.2, 0.25) is 0 Å². The smallest absolute Gasteiger partial charge is 0.0277 e. The molecule has 19 heavy (non-hydrogen) atoms. The molecule has 0 spiro atoms. The molecule has 0 aromatic heterocycles. The van der Waals surface area contributed by atoms with E-state index in [-0.39, 0.29) is 0 Å². The summed E-state index contributed by atoms with van der Waals surface area (Å²) in [7, 11) is 2.16. The normalized spacial score (nSPS) is 36.2. The highest BCUT2D eigenvalue weighted by atomic mass is 15.2. The zero-order chi connectivity index (χ0) is 14.0. The number of nitrogens with zero attached hydrogens (tertiary/aromatic N) is 1. The fraction of sp³-hybridized carbons (Fsp3) is 1.00. The SMILES string of the molecule is CNC1CC(C)CC(C)C1N(CCC(C)C)C1CC1. The molecule has 2 heteroatoms. The van der Waals surface area contributed by atoms with Crippen LogP contribution in [-0.4, -0.2) is 36.6 Å². The summed E-state index contributed by atoms with van der Waals surface area (Å²) in [5.74, 6) is 2.55. The topological polar surface area (TPSA) is 15.3 Å². The molecule has 0 saturated heterocycles. The Hall–Kier alpha value is -0.0800. The zero-order valence-corrected chi connectivity index (χ0v) is 13.7. The average Bonchev–Trinajstić information content (AvgIpc) is 3.15. The number of likely N-dealkylation sites (N-methyl/N-ethyl adjacent to an activating group) is 1. The van der Waals surface area contributed by atoms with Gasteiger partial charge >= 0.3 is 0 Å². The minimum Gasteiger partial charge on any atom is -0.315 e. The Labute approximate surface area is 120 Å². The second kappa shape index (κ2) is 6.58. The predicted molar refractivity (Wildman–Crippen MR) is 83.4 cm³/mol. The molecule has 2 nitrogen and oxygen atoms in total. The largest absolute Gasteiger partial charge is 0.315 e. The third-order valence-electron chi connectivity index (χ3n) is 5.16. The second-order valence-electron chi connectivity index (χ2n) is 7.59. The molecule has 2 rings (SSSR count). The van der Waals surface area contributed by atoms with Crippen molar-refractivity contribution in [1.29, 1.82) is 0 Å². The van der Waals surface area contributed by atoms with Crippen molar-refractivity contribution < 1.29 is 0 Å². The van der Waals surface area contributed by atoms with Gasteiger partial charge in [0.1, 0.15) is 0 Å². The van der Waals surface area contributed by atoms with E-state index in [0.29, 0.717) is 6.04 Å². The van der Waals surface area contributed by atoms with Gasteiger partial charge in [0, 0.05) is 18.1 Å². The van der Waals surface area contributed by atoms with E-state index in [1.54, 1.807) is 0 Å². The Morgan fingerprint density at radius 3 is 2.37 bits per heavy atom. The minimum atomic E-state index is 0.700. The van der Waals surface area contributed by atoms with Crippen LogP contribution in [0.25, 0.3) is 0 Å². The van der Waals surface area contributed by atoms with Crippen LogP contribution in [0.2, 0.25) is 0 Å². The Kier molecular flexibility index (Phi) is 5.30. The summed E-state index contributed by atoms with van der Waals surface area (Å²) in [6.07, 6.45) is 7.00. The van der Waals surface area contributed by atoms with Crippen LogP contribution < -0.4 is 5.32 Å². The van der Waals surface area contributed by atoms with Crippen LogP contribution in [-0.2, 0) is 0 Å². The summed E-state index contributed by atoms with van der Waals surface area (Å²) in [6.45, 7) is 10.9. The fourth-order valence-electron chi connectivity index (χ4n) is 4.07.